The zero-order valence-electron chi connectivity index (χ0n) is 17.2. The molecular weight excluding hydrogens is 368 g/mol. The highest BCUT2D eigenvalue weighted by molar-refractivity contribution is 6.00. The molecule has 154 valence electrons. The fraction of sp³-hybridized carbons (Fsp3) is 0.391. The third kappa shape index (κ3) is 5.28. The second kappa shape index (κ2) is 9.45. The molecule has 0 radical (unpaired) electrons. The number of benzene rings is 2. The topological polar surface area (TPSA) is 67.9 Å². The van der Waals surface area contributed by atoms with Gasteiger partial charge in [0.1, 0.15) is 11.5 Å². The maximum Gasteiger partial charge on any atom is 0.227 e. The molecule has 2 aromatic carbocycles. The van der Waals surface area contributed by atoms with E-state index >= 15 is 0 Å². The number of anilines is 1. The van der Waals surface area contributed by atoms with Crippen molar-refractivity contribution in [3.8, 4) is 11.5 Å². The van der Waals surface area contributed by atoms with Crippen molar-refractivity contribution in [3.05, 3.63) is 54.1 Å². The summed E-state index contributed by atoms with van der Waals surface area (Å²) in [6, 6.07) is 15.0. The zero-order valence-corrected chi connectivity index (χ0v) is 17.2. The molecule has 0 saturated carbocycles. The van der Waals surface area contributed by atoms with E-state index in [1.807, 2.05) is 69.3 Å². The number of amides is 2. The predicted octanol–water partition coefficient (Wildman–Crippen LogP) is 3.54. The molecule has 2 aromatic rings. The molecule has 1 heterocycles. The highest BCUT2D eigenvalue weighted by Crippen LogP contribution is 2.27. The van der Waals surface area contributed by atoms with Crippen LogP contribution in [-0.2, 0) is 16.1 Å². The van der Waals surface area contributed by atoms with E-state index in [-0.39, 0.29) is 30.3 Å². The molecule has 0 unspecified atom stereocenters. The van der Waals surface area contributed by atoms with Crippen molar-refractivity contribution in [2.45, 2.75) is 39.8 Å². The van der Waals surface area contributed by atoms with Crippen LogP contribution in [0, 0.1) is 5.92 Å². The van der Waals surface area contributed by atoms with E-state index < -0.39 is 0 Å². The van der Waals surface area contributed by atoms with E-state index in [9.17, 15) is 9.59 Å². The third-order valence-electron chi connectivity index (χ3n) is 4.74. The summed E-state index contributed by atoms with van der Waals surface area (Å²) in [5.74, 6) is 0.997. The first-order valence-electron chi connectivity index (χ1n) is 10.0. The lowest BCUT2D eigenvalue weighted by molar-refractivity contribution is -0.126. The van der Waals surface area contributed by atoms with Crippen molar-refractivity contribution < 1.29 is 19.1 Å². The molecule has 2 amide bonds. The van der Waals surface area contributed by atoms with Crippen LogP contribution in [0.1, 0.15) is 32.8 Å². The van der Waals surface area contributed by atoms with Crippen molar-refractivity contribution >= 4 is 17.5 Å². The monoisotopic (exact) mass is 396 g/mol. The standard InChI is InChI=1S/C23H28N2O4/c1-4-28-20-11-9-19(10-12-20)25-15-18(13-22(25)26)23(27)24-14-17-7-5-6-8-21(17)29-16(2)3/h5-12,16,18H,4,13-15H2,1-3H3,(H,24,27)/t18-/m0/s1. The number of hydrogen-bond donors (Lipinski definition) is 1. The van der Waals surface area contributed by atoms with Crippen LogP contribution < -0.4 is 19.7 Å². The van der Waals surface area contributed by atoms with E-state index in [1.165, 1.54) is 0 Å². The van der Waals surface area contributed by atoms with Crippen molar-refractivity contribution in [3.63, 3.8) is 0 Å². The fourth-order valence-corrected chi connectivity index (χ4v) is 3.37. The number of ether oxygens (including phenoxy) is 2. The van der Waals surface area contributed by atoms with Crippen molar-refractivity contribution in [1.29, 1.82) is 0 Å². The molecule has 1 aliphatic heterocycles. The highest BCUT2D eigenvalue weighted by atomic mass is 16.5. The first-order chi connectivity index (χ1) is 14.0. The Hall–Kier alpha value is -3.02. The second-order valence-corrected chi connectivity index (χ2v) is 7.32. The summed E-state index contributed by atoms with van der Waals surface area (Å²) in [6.07, 6.45) is 0.269. The minimum absolute atomic E-state index is 0.0437. The highest BCUT2D eigenvalue weighted by Gasteiger charge is 2.35. The molecule has 0 bridgehead atoms. The van der Waals surface area contributed by atoms with Crippen molar-refractivity contribution in [1.82, 2.24) is 5.32 Å². The lowest BCUT2D eigenvalue weighted by atomic mass is 10.1. The lowest BCUT2D eigenvalue weighted by Crippen LogP contribution is -2.32. The van der Waals surface area contributed by atoms with Crippen LogP contribution in [0.15, 0.2) is 48.5 Å². The van der Waals surface area contributed by atoms with Gasteiger partial charge in [0.05, 0.1) is 18.6 Å². The van der Waals surface area contributed by atoms with Crippen LogP contribution in [0.5, 0.6) is 11.5 Å². The Labute approximate surface area is 171 Å². The van der Waals surface area contributed by atoms with Gasteiger partial charge < -0.3 is 19.7 Å². The Balaban J connectivity index is 1.59. The van der Waals surface area contributed by atoms with E-state index in [2.05, 4.69) is 5.32 Å². The summed E-state index contributed by atoms with van der Waals surface area (Å²) in [6.45, 7) is 7.20. The number of carbonyl (C=O) groups excluding carboxylic acids is 2. The number of hydrogen-bond acceptors (Lipinski definition) is 4. The Morgan fingerprint density at radius 1 is 1.17 bits per heavy atom. The summed E-state index contributed by atoms with van der Waals surface area (Å²) >= 11 is 0. The van der Waals surface area contributed by atoms with Gasteiger partial charge in [0.25, 0.3) is 0 Å². The van der Waals surface area contributed by atoms with Gasteiger partial charge in [-0.15, -0.1) is 0 Å². The van der Waals surface area contributed by atoms with Gasteiger partial charge in [-0.25, -0.2) is 0 Å². The van der Waals surface area contributed by atoms with Gasteiger partial charge in [0.2, 0.25) is 11.8 Å². The Morgan fingerprint density at radius 3 is 2.59 bits per heavy atom. The smallest absolute Gasteiger partial charge is 0.227 e. The number of carbonyl (C=O) groups is 2. The molecule has 3 rings (SSSR count). The van der Waals surface area contributed by atoms with Crippen molar-refractivity contribution in [2.75, 3.05) is 18.1 Å². The predicted molar refractivity (Wildman–Crippen MR) is 112 cm³/mol. The molecule has 1 atom stereocenters. The Bertz CT molecular complexity index is 848. The Morgan fingerprint density at radius 2 is 1.90 bits per heavy atom. The molecule has 0 aliphatic carbocycles. The molecule has 0 aromatic heterocycles. The van der Waals surface area contributed by atoms with E-state index in [0.717, 1.165) is 22.7 Å². The van der Waals surface area contributed by atoms with Gasteiger partial charge in [-0.1, -0.05) is 18.2 Å². The largest absolute Gasteiger partial charge is 0.494 e. The van der Waals surface area contributed by atoms with Crippen LogP contribution in [0.3, 0.4) is 0 Å². The number of nitrogens with one attached hydrogen (secondary N) is 1. The average Bonchev–Trinajstić information content (AvgIpc) is 3.09. The molecule has 0 spiro atoms. The van der Waals surface area contributed by atoms with Gasteiger partial charge in [-0.3, -0.25) is 9.59 Å². The third-order valence-corrected chi connectivity index (χ3v) is 4.74. The first kappa shape index (κ1) is 20.7. The summed E-state index contributed by atoms with van der Waals surface area (Å²) in [4.78, 5) is 26.8. The quantitative estimate of drug-likeness (QED) is 0.741. The molecule has 1 saturated heterocycles. The minimum Gasteiger partial charge on any atom is -0.494 e. The van der Waals surface area contributed by atoms with E-state index in [0.29, 0.717) is 19.7 Å². The molecule has 29 heavy (non-hydrogen) atoms. The first-order valence-corrected chi connectivity index (χ1v) is 10.0. The minimum atomic E-state index is -0.368. The van der Waals surface area contributed by atoms with E-state index in [1.54, 1.807) is 4.90 Å². The normalized spacial score (nSPS) is 16.2. The zero-order chi connectivity index (χ0) is 20.8. The SMILES string of the molecule is CCOc1ccc(N2C[C@@H](C(=O)NCc3ccccc3OC(C)C)CC2=O)cc1. The summed E-state index contributed by atoms with van der Waals surface area (Å²) < 4.78 is 11.2. The van der Waals surface area contributed by atoms with Gasteiger partial charge in [0.15, 0.2) is 0 Å². The van der Waals surface area contributed by atoms with Crippen molar-refractivity contribution in [2.24, 2.45) is 5.92 Å². The van der Waals surface area contributed by atoms with Crippen LogP contribution in [0.25, 0.3) is 0 Å². The molecule has 1 aliphatic rings. The van der Waals surface area contributed by atoms with Crippen LogP contribution in [-0.4, -0.2) is 31.1 Å². The lowest BCUT2D eigenvalue weighted by Gasteiger charge is -2.18. The van der Waals surface area contributed by atoms with Gasteiger partial charge in [-0.05, 0) is 51.1 Å². The van der Waals surface area contributed by atoms with Gasteiger partial charge in [0, 0.05) is 30.8 Å². The number of nitrogens with zero attached hydrogens (tertiary/aromatic N) is 1. The van der Waals surface area contributed by atoms with Gasteiger partial charge in [-0.2, -0.15) is 0 Å². The van der Waals surface area contributed by atoms with Crippen LogP contribution >= 0.6 is 0 Å². The maximum absolute atomic E-state index is 12.7. The molecular formula is C23H28N2O4. The molecule has 6 nitrogen and oxygen atoms in total. The molecule has 1 N–H and O–H groups in total. The maximum atomic E-state index is 12.7. The van der Waals surface area contributed by atoms with Crippen LogP contribution in [0.4, 0.5) is 5.69 Å². The number of para-hydroxylation sites is 1. The summed E-state index contributed by atoms with van der Waals surface area (Å²) in [5.41, 5.74) is 1.70. The number of rotatable bonds is 8. The van der Waals surface area contributed by atoms with Gasteiger partial charge >= 0.3 is 0 Å². The second-order valence-electron chi connectivity index (χ2n) is 7.32. The molecule has 1 fully saturated rings. The fourth-order valence-electron chi connectivity index (χ4n) is 3.37. The molecule has 6 heteroatoms. The summed E-state index contributed by atoms with van der Waals surface area (Å²) in [5, 5.41) is 2.96. The average molecular weight is 396 g/mol. The summed E-state index contributed by atoms with van der Waals surface area (Å²) in [7, 11) is 0. The van der Waals surface area contributed by atoms with E-state index in [4.69, 9.17) is 9.47 Å². The Kier molecular flexibility index (Phi) is 6.75. The van der Waals surface area contributed by atoms with Crippen LogP contribution in [0.2, 0.25) is 0 Å².